The molecule has 27 heavy (non-hydrogen) atoms. The number of likely N-dealkylation sites (N-methyl/N-ethyl adjacent to an activating group) is 1. The van der Waals surface area contributed by atoms with Crippen LogP contribution in [0.1, 0.15) is 23.7 Å². The highest BCUT2D eigenvalue weighted by Crippen LogP contribution is 2.51. The van der Waals surface area contributed by atoms with Crippen LogP contribution in [-0.4, -0.2) is 36.5 Å². The normalized spacial score (nSPS) is 20.4. The van der Waals surface area contributed by atoms with Gasteiger partial charge in [0.15, 0.2) is 0 Å². The first-order chi connectivity index (χ1) is 13.1. The van der Waals surface area contributed by atoms with Gasteiger partial charge in [-0.15, -0.1) is 0 Å². The van der Waals surface area contributed by atoms with Crippen molar-refractivity contribution in [2.75, 3.05) is 27.2 Å². The summed E-state index contributed by atoms with van der Waals surface area (Å²) in [4.78, 5) is 2.21. The molecule has 1 saturated heterocycles. The van der Waals surface area contributed by atoms with E-state index in [0.717, 1.165) is 30.0 Å². The van der Waals surface area contributed by atoms with Crippen molar-refractivity contribution >= 4 is 31.0 Å². The summed E-state index contributed by atoms with van der Waals surface area (Å²) in [5, 5.41) is 2.03. The summed E-state index contributed by atoms with van der Waals surface area (Å²) in [6.45, 7) is 1.71. The van der Waals surface area contributed by atoms with Gasteiger partial charge in [0, 0.05) is 29.6 Å². The third-order valence-corrected chi connectivity index (χ3v) is 6.59. The summed E-state index contributed by atoms with van der Waals surface area (Å²) in [5.74, 6) is 0. The minimum Gasteiger partial charge on any atom is -0.317 e. The molecule has 2 aromatic carbocycles. The van der Waals surface area contributed by atoms with Gasteiger partial charge in [-0.25, -0.2) is 0 Å². The van der Waals surface area contributed by atoms with Crippen molar-refractivity contribution in [2.45, 2.75) is 18.9 Å². The summed E-state index contributed by atoms with van der Waals surface area (Å²) < 4.78 is 14.6. The van der Waals surface area contributed by atoms with Crippen LogP contribution < -0.4 is 0 Å². The van der Waals surface area contributed by atoms with Crippen LogP contribution in [0.5, 0.6) is 0 Å². The SMILES string of the molecule is CN(C)CCc1cn(P2OCCC(c3ccc(Cl)cc3)O2)c2ccccc12. The van der Waals surface area contributed by atoms with Gasteiger partial charge in [0.05, 0.1) is 18.2 Å². The van der Waals surface area contributed by atoms with E-state index >= 15 is 0 Å². The van der Waals surface area contributed by atoms with Gasteiger partial charge in [-0.2, -0.15) is 0 Å². The van der Waals surface area contributed by atoms with Gasteiger partial charge in [0.25, 0.3) is 8.53 Å². The molecule has 1 aliphatic rings. The second-order valence-corrected chi connectivity index (χ2v) is 8.89. The largest absolute Gasteiger partial charge is 0.317 e. The zero-order valence-corrected chi connectivity index (χ0v) is 17.3. The smallest absolute Gasteiger partial charge is 0.294 e. The zero-order valence-electron chi connectivity index (χ0n) is 15.6. The number of para-hydroxylation sites is 1. The number of rotatable bonds is 5. The minimum atomic E-state index is -1.17. The monoisotopic (exact) mass is 402 g/mol. The average molecular weight is 403 g/mol. The first kappa shape index (κ1) is 18.9. The van der Waals surface area contributed by atoms with Crippen LogP contribution in [0.2, 0.25) is 5.02 Å². The van der Waals surface area contributed by atoms with Crippen molar-refractivity contribution in [1.29, 1.82) is 0 Å². The van der Waals surface area contributed by atoms with Crippen LogP contribution in [0.15, 0.2) is 54.7 Å². The molecule has 0 saturated carbocycles. The lowest BCUT2D eigenvalue weighted by Gasteiger charge is -2.30. The van der Waals surface area contributed by atoms with E-state index < -0.39 is 8.53 Å². The van der Waals surface area contributed by atoms with Crippen LogP contribution >= 0.6 is 20.1 Å². The number of nitrogens with zero attached hydrogens (tertiary/aromatic N) is 2. The lowest BCUT2D eigenvalue weighted by Crippen LogP contribution is -2.15. The highest BCUT2D eigenvalue weighted by Gasteiger charge is 2.28. The van der Waals surface area contributed by atoms with Gasteiger partial charge >= 0.3 is 0 Å². The predicted molar refractivity (Wildman–Crippen MR) is 112 cm³/mol. The summed E-state index contributed by atoms with van der Waals surface area (Å²) >= 11 is 6.03. The van der Waals surface area contributed by atoms with Crippen LogP contribution in [-0.2, 0) is 15.5 Å². The van der Waals surface area contributed by atoms with E-state index in [2.05, 4.69) is 53.8 Å². The van der Waals surface area contributed by atoms with E-state index in [9.17, 15) is 0 Å². The summed E-state index contributed by atoms with van der Waals surface area (Å²) in [7, 11) is 3.04. The molecule has 6 heteroatoms. The highest BCUT2D eigenvalue weighted by atomic mass is 35.5. The second kappa shape index (κ2) is 8.30. The van der Waals surface area contributed by atoms with Crippen LogP contribution in [0, 0.1) is 0 Å². The Morgan fingerprint density at radius 1 is 1.15 bits per heavy atom. The Labute approximate surface area is 166 Å². The average Bonchev–Trinajstić information content (AvgIpc) is 3.06. The molecular formula is C21H24ClN2O2P. The minimum absolute atomic E-state index is 0.0357. The van der Waals surface area contributed by atoms with Crippen molar-refractivity contribution in [3.63, 3.8) is 0 Å². The van der Waals surface area contributed by atoms with E-state index in [0.29, 0.717) is 6.61 Å². The number of benzene rings is 2. The van der Waals surface area contributed by atoms with Crippen molar-refractivity contribution in [3.8, 4) is 0 Å². The Hall–Kier alpha value is -1.42. The zero-order chi connectivity index (χ0) is 18.8. The molecule has 1 fully saturated rings. The highest BCUT2D eigenvalue weighted by molar-refractivity contribution is 7.45. The molecule has 4 rings (SSSR count). The lowest BCUT2D eigenvalue weighted by atomic mass is 10.1. The quantitative estimate of drug-likeness (QED) is 0.516. The first-order valence-corrected chi connectivity index (χ1v) is 10.7. The van der Waals surface area contributed by atoms with Crippen molar-refractivity contribution in [2.24, 2.45) is 0 Å². The summed E-state index contributed by atoms with van der Waals surface area (Å²) in [6, 6.07) is 16.4. The Kier molecular flexibility index (Phi) is 5.82. The molecular weight excluding hydrogens is 379 g/mol. The fraction of sp³-hybridized carbons (Fsp3) is 0.333. The van der Waals surface area contributed by atoms with E-state index in [1.807, 2.05) is 24.3 Å². The Bertz CT molecular complexity index is 910. The van der Waals surface area contributed by atoms with Crippen molar-refractivity contribution < 1.29 is 9.05 Å². The number of fused-ring (bicyclic) bond motifs is 1. The molecule has 0 spiro atoms. The molecule has 142 valence electrons. The molecule has 1 aromatic heterocycles. The van der Waals surface area contributed by atoms with Crippen molar-refractivity contribution in [3.05, 3.63) is 70.9 Å². The molecule has 2 unspecified atom stereocenters. The standard InChI is InChI=1S/C21H24ClN2O2P/c1-23(2)13-11-17-15-24(20-6-4-3-5-19(17)20)27-25-14-12-21(26-27)16-7-9-18(22)10-8-16/h3-10,15,21H,11-14H2,1-2H3. The van der Waals surface area contributed by atoms with Gasteiger partial charge in [-0.3, -0.25) is 4.34 Å². The number of hydrogen-bond donors (Lipinski definition) is 0. The molecule has 0 amide bonds. The summed E-state index contributed by atoms with van der Waals surface area (Å²) in [5.41, 5.74) is 3.66. The topological polar surface area (TPSA) is 26.6 Å². The van der Waals surface area contributed by atoms with E-state index in [-0.39, 0.29) is 6.10 Å². The van der Waals surface area contributed by atoms with Crippen LogP contribution in [0.3, 0.4) is 0 Å². The summed E-state index contributed by atoms with van der Waals surface area (Å²) in [6.07, 6.45) is 4.11. The molecule has 1 aliphatic heterocycles. The molecule has 0 bridgehead atoms. The fourth-order valence-corrected chi connectivity index (χ4v) is 5.06. The molecule has 3 aromatic rings. The number of halogens is 1. The second-order valence-electron chi connectivity index (χ2n) is 7.07. The Balaban J connectivity index is 1.62. The molecule has 2 heterocycles. The van der Waals surface area contributed by atoms with E-state index in [1.54, 1.807) is 0 Å². The van der Waals surface area contributed by atoms with E-state index in [4.69, 9.17) is 20.6 Å². The first-order valence-electron chi connectivity index (χ1n) is 9.21. The van der Waals surface area contributed by atoms with Gasteiger partial charge < -0.3 is 13.9 Å². The maximum absolute atomic E-state index is 6.40. The number of hydrogen-bond acceptors (Lipinski definition) is 3. The van der Waals surface area contributed by atoms with E-state index in [1.165, 1.54) is 16.5 Å². The Morgan fingerprint density at radius 2 is 1.93 bits per heavy atom. The fourth-order valence-electron chi connectivity index (χ4n) is 3.36. The third-order valence-electron chi connectivity index (χ3n) is 4.82. The third kappa shape index (κ3) is 4.21. The molecule has 0 aliphatic carbocycles. The maximum atomic E-state index is 6.40. The van der Waals surface area contributed by atoms with Gasteiger partial charge in [-0.05, 0) is 49.8 Å². The van der Waals surface area contributed by atoms with Gasteiger partial charge in [-0.1, -0.05) is 41.9 Å². The predicted octanol–water partition coefficient (Wildman–Crippen LogP) is 5.65. The van der Waals surface area contributed by atoms with Gasteiger partial charge in [0.2, 0.25) is 0 Å². The Morgan fingerprint density at radius 3 is 2.70 bits per heavy atom. The molecule has 4 nitrogen and oxygen atoms in total. The van der Waals surface area contributed by atoms with Gasteiger partial charge in [0.1, 0.15) is 0 Å². The molecule has 2 atom stereocenters. The van der Waals surface area contributed by atoms with Crippen molar-refractivity contribution in [1.82, 2.24) is 9.24 Å². The molecule has 0 N–H and O–H groups in total. The maximum Gasteiger partial charge on any atom is 0.294 e. The molecule has 0 radical (unpaired) electrons. The van der Waals surface area contributed by atoms with Crippen LogP contribution in [0.4, 0.5) is 0 Å². The lowest BCUT2D eigenvalue weighted by molar-refractivity contribution is 0.105. The number of aromatic nitrogens is 1. The van der Waals surface area contributed by atoms with Crippen LogP contribution in [0.25, 0.3) is 10.9 Å².